The van der Waals surface area contributed by atoms with Crippen LogP contribution in [0.1, 0.15) is 12.5 Å². The van der Waals surface area contributed by atoms with Crippen molar-refractivity contribution in [2.45, 2.75) is 24.4 Å². The molecule has 0 bridgehead atoms. The van der Waals surface area contributed by atoms with E-state index < -0.39 is 27.8 Å². The fourth-order valence-electron chi connectivity index (χ4n) is 2.28. The van der Waals surface area contributed by atoms with Crippen LogP contribution in [-0.4, -0.2) is 32.3 Å². The maximum atomic E-state index is 13.2. The van der Waals surface area contributed by atoms with Crippen LogP contribution in [-0.2, 0) is 21.4 Å². The van der Waals surface area contributed by atoms with Crippen molar-refractivity contribution in [2.75, 3.05) is 7.05 Å². The molecule has 0 aliphatic heterocycles. The summed E-state index contributed by atoms with van der Waals surface area (Å²) < 4.78 is 40.2. The largest absolute Gasteiger partial charge is 0.340 e. The summed E-state index contributed by atoms with van der Waals surface area (Å²) in [5.41, 5.74) is 0.614. The number of carbonyl (C=O) groups is 1. The summed E-state index contributed by atoms with van der Waals surface area (Å²) in [6.07, 6.45) is 0. The fourth-order valence-corrected chi connectivity index (χ4v) is 3.61. The van der Waals surface area contributed by atoms with Crippen molar-refractivity contribution in [3.8, 4) is 0 Å². The predicted octanol–water partition coefficient (Wildman–Crippen LogP) is 2.80. The zero-order valence-corrected chi connectivity index (χ0v) is 15.3. The molecule has 2 rings (SSSR count). The standard InChI is InChI=1S/C17H18ClFN2O3S/c1-12(20-25(23,24)16-8-6-14(18)7-9-16)17(22)21(2)11-13-4-3-5-15(19)10-13/h3-10,12,20H,11H2,1-2H3. The van der Waals surface area contributed by atoms with Crippen molar-refractivity contribution >= 4 is 27.5 Å². The lowest BCUT2D eigenvalue weighted by molar-refractivity contribution is -0.131. The van der Waals surface area contributed by atoms with Crippen LogP contribution < -0.4 is 4.72 Å². The Labute approximate surface area is 151 Å². The molecule has 0 aliphatic rings. The predicted molar refractivity (Wildman–Crippen MR) is 94.1 cm³/mol. The summed E-state index contributed by atoms with van der Waals surface area (Å²) in [6, 6.07) is 10.5. The summed E-state index contributed by atoms with van der Waals surface area (Å²) in [4.78, 5) is 13.7. The zero-order chi connectivity index (χ0) is 18.6. The summed E-state index contributed by atoms with van der Waals surface area (Å²) in [7, 11) is -2.32. The number of hydrogen-bond acceptors (Lipinski definition) is 3. The molecule has 0 saturated carbocycles. The molecule has 0 aliphatic carbocycles. The van der Waals surface area contributed by atoms with Crippen molar-refractivity contribution in [2.24, 2.45) is 0 Å². The minimum atomic E-state index is -3.85. The molecule has 0 spiro atoms. The van der Waals surface area contributed by atoms with E-state index in [1.165, 1.54) is 55.3 Å². The molecular weight excluding hydrogens is 367 g/mol. The van der Waals surface area contributed by atoms with Gasteiger partial charge in [0.1, 0.15) is 5.82 Å². The summed E-state index contributed by atoms with van der Waals surface area (Å²) >= 11 is 5.74. The van der Waals surface area contributed by atoms with Crippen LogP contribution in [0.2, 0.25) is 5.02 Å². The first kappa shape index (κ1) is 19.4. The first-order valence-corrected chi connectivity index (χ1v) is 9.32. The molecule has 0 saturated heterocycles. The quantitative estimate of drug-likeness (QED) is 0.832. The summed E-state index contributed by atoms with van der Waals surface area (Å²) in [5.74, 6) is -0.823. The smallest absolute Gasteiger partial charge is 0.241 e. The maximum absolute atomic E-state index is 13.2. The number of hydrogen-bond donors (Lipinski definition) is 1. The van der Waals surface area contributed by atoms with Gasteiger partial charge in [-0.05, 0) is 48.9 Å². The second-order valence-corrected chi connectivity index (χ2v) is 7.77. The maximum Gasteiger partial charge on any atom is 0.241 e. The van der Waals surface area contributed by atoms with E-state index in [1.54, 1.807) is 12.1 Å². The average molecular weight is 385 g/mol. The molecule has 1 atom stereocenters. The van der Waals surface area contributed by atoms with E-state index in [1.807, 2.05) is 0 Å². The van der Waals surface area contributed by atoms with Crippen molar-refractivity contribution in [3.63, 3.8) is 0 Å². The van der Waals surface area contributed by atoms with E-state index in [4.69, 9.17) is 11.6 Å². The lowest BCUT2D eigenvalue weighted by atomic mass is 10.2. The lowest BCUT2D eigenvalue weighted by Crippen LogP contribution is -2.45. The van der Waals surface area contributed by atoms with Crippen molar-refractivity contribution < 1.29 is 17.6 Å². The minimum Gasteiger partial charge on any atom is -0.340 e. The van der Waals surface area contributed by atoms with Crippen LogP contribution in [0.4, 0.5) is 4.39 Å². The Morgan fingerprint density at radius 1 is 1.24 bits per heavy atom. The summed E-state index contributed by atoms with van der Waals surface area (Å²) in [5, 5.41) is 0.415. The number of sulfonamides is 1. The highest BCUT2D eigenvalue weighted by atomic mass is 35.5. The Morgan fingerprint density at radius 2 is 1.88 bits per heavy atom. The topological polar surface area (TPSA) is 66.5 Å². The van der Waals surface area contributed by atoms with Crippen LogP contribution in [0.5, 0.6) is 0 Å². The highest BCUT2D eigenvalue weighted by molar-refractivity contribution is 7.89. The molecule has 0 fully saturated rings. The fraction of sp³-hybridized carbons (Fsp3) is 0.235. The number of likely N-dealkylation sites (N-methyl/N-ethyl adjacent to an activating group) is 1. The Kier molecular flexibility index (Phi) is 6.16. The second-order valence-electron chi connectivity index (χ2n) is 5.62. The van der Waals surface area contributed by atoms with Gasteiger partial charge in [0, 0.05) is 18.6 Å². The van der Waals surface area contributed by atoms with Gasteiger partial charge >= 0.3 is 0 Å². The van der Waals surface area contributed by atoms with Gasteiger partial charge in [-0.2, -0.15) is 4.72 Å². The normalized spacial score (nSPS) is 12.6. The van der Waals surface area contributed by atoms with Crippen molar-refractivity contribution in [1.82, 2.24) is 9.62 Å². The number of rotatable bonds is 6. The van der Waals surface area contributed by atoms with Gasteiger partial charge in [-0.3, -0.25) is 4.79 Å². The van der Waals surface area contributed by atoms with E-state index in [2.05, 4.69) is 4.72 Å². The van der Waals surface area contributed by atoms with Crippen LogP contribution >= 0.6 is 11.6 Å². The molecular formula is C17H18ClFN2O3S. The molecule has 0 radical (unpaired) electrons. The number of benzene rings is 2. The highest BCUT2D eigenvalue weighted by Crippen LogP contribution is 2.15. The molecule has 2 aromatic rings. The number of halogens is 2. The van der Waals surface area contributed by atoms with Gasteiger partial charge in [-0.25, -0.2) is 12.8 Å². The third-order valence-corrected chi connectivity index (χ3v) is 5.32. The first-order chi connectivity index (χ1) is 11.7. The number of nitrogens with zero attached hydrogens (tertiary/aromatic N) is 1. The Hall–Kier alpha value is -1.96. The number of carbonyl (C=O) groups excluding carboxylic acids is 1. The molecule has 134 valence electrons. The molecule has 2 aromatic carbocycles. The van der Waals surface area contributed by atoms with Crippen LogP contribution in [0.3, 0.4) is 0 Å². The third kappa shape index (κ3) is 5.26. The number of amides is 1. The van der Waals surface area contributed by atoms with Gasteiger partial charge in [-0.1, -0.05) is 23.7 Å². The van der Waals surface area contributed by atoms with Gasteiger partial charge < -0.3 is 4.90 Å². The van der Waals surface area contributed by atoms with Crippen LogP contribution in [0.15, 0.2) is 53.4 Å². The van der Waals surface area contributed by atoms with E-state index in [-0.39, 0.29) is 11.4 Å². The molecule has 5 nitrogen and oxygen atoms in total. The molecule has 8 heteroatoms. The van der Waals surface area contributed by atoms with E-state index in [9.17, 15) is 17.6 Å². The molecule has 1 unspecified atom stereocenters. The van der Waals surface area contributed by atoms with E-state index in [0.717, 1.165) is 0 Å². The lowest BCUT2D eigenvalue weighted by Gasteiger charge is -2.22. The van der Waals surface area contributed by atoms with E-state index >= 15 is 0 Å². The first-order valence-electron chi connectivity index (χ1n) is 7.46. The molecule has 0 aromatic heterocycles. The molecule has 25 heavy (non-hydrogen) atoms. The number of nitrogens with one attached hydrogen (secondary N) is 1. The second kappa shape index (κ2) is 7.95. The van der Waals surface area contributed by atoms with Crippen LogP contribution in [0, 0.1) is 5.82 Å². The Morgan fingerprint density at radius 3 is 2.48 bits per heavy atom. The van der Waals surface area contributed by atoms with Crippen molar-refractivity contribution in [1.29, 1.82) is 0 Å². The third-order valence-electron chi connectivity index (χ3n) is 3.51. The molecule has 1 amide bonds. The van der Waals surface area contributed by atoms with Gasteiger partial charge in [0.05, 0.1) is 10.9 Å². The minimum absolute atomic E-state index is 0.0179. The SMILES string of the molecule is CC(NS(=O)(=O)c1ccc(Cl)cc1)C(=O)N(C)Cc1cccc(F)c1. The van der Waals surface area contributed by atoms with Crippen molar-refractivity contribution in [3.05, 3.63) is 64.9 Å². The van der Waals surface area contributed by atoms with Crippen LogP contribution in [0.25, 0.3) is 0 Å². The van der Waals surface area contributed by atoms with Gasteiger partial charge in [0.15, 0.2) is 0 Å². The highest BCUT2D eigenvalue weighted by Gasteiger charge is 2.24. The summed E-state index contributed by atoms with van der Waals surface area (Å²) in [6.45, 7) is 1.63. The monoisotopic (exact) mass is 384 g/mol. The molecule has 1 N–H and O–H groups in total. The van der Waals surface area contributed by atoms with E-state index in [0.29, 0.717) is 10.6 Å². The zero-order valence-electron chi connectivity index (χ0n) is 13.7. The molecule has 0 heterocycles. The average Bonchev–Trinajstić information content (AvgIpc) is 2.54. The van der Waals surface area contributed by atoms with Gasteiger partial charge in [-0.15, -0.1) is 0 Å². The Bertz CT molecular complexity index is 856. The van der Waals surface area contributed by atoms with Gasteiger partial charge in [0.2, 0.25) is 15.9 Å². The van der Waals surface area contributed by atoms with Gasteiger partial charge in [0.25, 0.3) is 0 Å². The Balaban J connectivity index is 2.04.